The third kappa shape index (κ3) is 4.93. The summed E-state index contributed by atoms with van der Waals surface area (Å²) in [4.78, 5) is 16.0. The van der Waals surface area contributed by atoms with Crippen LogP contribution in [0.4, 0.5) is 13.2 Å². The lowest BCUT2D eigenvalue weighted by atomic mass is 10.1. The number of rotatable bonds is 6. The van der Waals surface area contributed by atoms with Crippen LogP contribution in [0.5, 0.6) is 5.75 Å². The van der Waals surface area contributed by atoms with Crippen molar-refractivity contribution in [1.82, 2.24) is 9.29 Å². The molecule has 2 heterocycles. The summed E-state index contributed by atoms with van der Waals surface area (Å²) in [5.41, 5.74) is 1.02. The van der Waals surface area contributed by atoms with Gasteiger partial charge in [-0.2, -0.15) is 17.5 Å². The molecule has 3 aromatic rings. The zero-order valence-corrected chi connectivity index (χ0v) is 19.4. The van der Waals surface area contributed by atoms with Crippen molar-refractivity contribution in [2.45, 2.75) is 31.0 Å². The lowest BCUT2D eigenvalue weighted by Gasteiger charge is -2.25. The number of hydrogen-bond acceptors (Lipinski definition) is 6. The summed E-state index contributed by atoms with van der Waals surface area (Å²) < 4.78 is 71.3. The molecule has 1 aliphatic heterocycles. The van der Waals surface area contributed by atoms with Crippen LogP contribution in [0.1, 0.15) is 21.7 Å². The van der Waals surface area contributed by atoms with E-state index in [4.69, 9.17) is 9.84 Å². The molecule has 0 spiro atoms. The molecule has 34 heavy (non-hydrogen) atoms. The van der Waals surface area contributed by atoms with E-state index in [1.807, 2.05) is 0 Å². The van der Waals surface area contributed by atoms with E-state index in [9.17, 15) is 26.4 Å². The first-order chi connectivity index (χ1) is 15.9. The monoisotopic (exact) mass is 512 g/mol. The van der Waals surface area contributed by atoms with Crippen LogP contribution in [0.15, 0.2) is 47.4 Å². The van der Waals surface area contributed by atoms with Gasteiger partial charge in [-0.15, -0.1) is 11.3 Å². The second-order valence-corrected chi connectivity index (χ2v) is 10.7. The van der Waals surface area contributed by atoms with Gasteiger partial charge in [-0.25, -0.2) is 18.2 Å². The highest BCUT2D eigenvalue weighted by atomic mass is 32.2. The minimum Gasteiger partial charge on any atom is -0.482 e. The molecule has 1 aliphatic rings. The standard InChI is InChI=1S/C22H19F3N2O5S2/c1-13-10-16(6-7-18(13)32-12-20(28)29)34(30,31)27-9-8-17-19(11-27)33-21(26-17)14-2-4-15(5-3-14)22(23,24)25/h2-7,10H,8-9,11-12H2,1H3,(H,28,29). The van der Waals surface area contributed by atoms with Gasteiger partial charge in [-0.05, 0) is 42.8 Å². The number of aromatic nitrogens is 1. The maximum atomic E-state index is 13.2. The summed E-state index contributed by atoms with van der Waals surface area (Å²) in [6, 6.07) is 8.95. The van der Waals surface area contributed by atoms with Crippen molar-refractivity contribution < 1.29 is 36.2 Å². The Bertz CT molecular complexity index is 1340. The molecule has 2 aromatic carbocycles. The van der Waals surface area contributed by atoms with Crippen LogP contribution in [-0.4, -0.2) is 41.9 Å². The van der Waals surface area contributed by atoms with Gasteiger partial charge in [0.05, 0.1) is 22.7 Å². The molecule has 0 saturated carbocycles. The van der Waals surface area contributed by atoms with Crippen molar-refractivity contribution in [3.63, 3.8) is 0 Å². The van der Waals surface area contributed by atoms with Gasteiger partial charge in [-0.3, -0.25) is 0 Å². The van der Waals surface area contributed by atoms with Crippen molar-refractivity contribution in [1.29, 1.82) is 0 Å². The average molecular weight is 513 g/mol. The van der Waals surface area contributed by atoms with Gasteiger partial charge < -0.3 is 9.84 Å². The molecule has 0 saturated heterocycles. The molecule has 180 valence electrons. The molecule has 0 bridgehead atoms. The molecule has 1 aromatic heterocycles. The highest BCUT2D eigenvalue weighted by molar-refractivity contribution is 7.89. The van der Waals surface area contributed by atoms with E-state index in [2.05, 4.69) is 4.98 Å². The topological polar surface area (TPSA) is 96.8 Å². The SMILES string of the molecule is Cc1cc(S(=O)(=O)N2CCc3nc(-c4ccc(C(F)(F)F)cc4)sc3C2)ccc1OCC(=O)O. The number of ether oxygens (including phenoxy) is 1. The maximum absolute atomic E-state index is 13.2. The lowest BCUT2D eigenvalue weighted by Crippen LogP contribution is -2.35. The van der Waals surface area contributed by atoms with Crippen molar-refractivity contribution >= 4 is 27.3 Å². The normalized spacial score (nSPS) is 14.6. The Kier molecular flexibility index (Phi) is 6.40. The predicted octanol–water partition coefficient (Wildman–Crippen LogP) is 4.35. The number of carboxylic acids is 1. The van der Waals surface area contributed by atoms with Gasteiger partial charge in [0.25, 0.3) is 0 Å². The van der Waals surface area contributed by atoms with E-state index >= 15 is 0 Å². The van der Waals surface area contributed by atoms with Crippen LogP contribution in [0.25, 0.3) is 10.6 Å². The summed E-state index contributed by atoms with van der Waals surface area (Å²) >= 11 is 1.26. The summed E-state index contributed by atoms with van der Waals surface area (Å²) in [5.74, 6) is -0.855. The molecule has 7 nitrogen and oxygen atoms in total. The van der Waals surface area contributed by atoms with Crippen LogP contribution < -0.4 is 4.74 Å². The fraction of sp³-hybridized carbons (Fsp3) is 0.273. The molecule has 0 unspecified atom stereocenters. The summed E-state index contributed by atoms with van der Waals surface area (Å²) in [6.45, 7) is 1.41. The van der Waals surface area contributed by atoms with E-state index in [0.717, 1.165) is 22.7 Å². The van der Waals surface area contributed by atoms with E-state index in [0.29, 0.717) is 22.6 Å². The molecular formula is C22H19F3N2O5S2. The number of halogens is 3. The summed E-state index contributed by atoms with van der Waals surface area (Å²) in [5, 5.41) is 9.28. The Balaban J connectivity index is 1.53. The number of nitrogens with zero attached hydrogens (tertiary/aromatic N) is 2. The van der Waals surface area contributed by atoms with Gasteiger partial charge in [0, 0.05) is 23.4 Å². The first kappa shape index (κ1) is 24.2. The van der Waals surface area contributed by atoms with Crippen LogP contribution >= 0.6 is 11.3 Å². The first-order valence-corrected chi connectivity index (χ1v) is 12.3. The van der Waals surface area contributed by atoms with Crippen molar-refractivity contribution in [3.05, 3.63) is 64.2 Å². The molecule has 4 rings (SSSR count). The molecular weight excluding hydrogens is 493 g/mol. The largest absolute Gasteiger partial charge is 0.482 e. The fourth-order valence-electron chi connectivity index (χ4n) is 3.54. The van der Waals surface area contributed by atoms with E-state index in [-0.39, 0.29) is 23.7 Å². The number of benzene rings is 2. The van der Waals surface area contributed by atoms with Gasteiger partial charge in [0.15, 0.2) is 6.61 Å². The average Bonchev–Trinajstić information content (AvgIpc) is 3.21. The van der Waals surface area contributed by atoms with Crippen molar-refractivity contribution in [2.24, 2.45) is 0 Å². The summed E-state index contributed by atoms with van der Waals surface area (Å²) in [6.07, 6.45) is -4.04. The number of aryl methyl sites for hydroxylation is 1. The van der Waals surface area contributed by atoms with Crippen molar-refractivity contribution in [3.8, 4) is 16.3 Å². The van der Waals surface area contributed by atoms with Crippen molar-refractivity contribution in [2.75, 3.05) is 13.2 Å². The number of fused-ring (bicyclic) bond motifs is 1. The Morgan fingerprint density at radius 3 is 2.53 bits per heavy atom. The third-order valence-electron chi connectivity index (χ3n) is 5.29. The smallest absolute Gasteiger partial charge is 0.416 e. The highest BCUT2D eigenvalue weighted by Gasteiger charge is 2.32. The number of carbonyl (C=O) groups is 1. The quantitative estimate of drug-likeness (QED) is 0.528. The zero-order valence-electron chi connectivity index (χ0n) is 17.8. The third-order valence-corrected chi connectivity index (χ3v) is 8.26. The van der Waals surface area contributed by atoms with Crippen LogP contribution in [0.3, 0.4) is 0 Å². The highest BCUT2D eigenvalue weighted by Crippen LogP contribution is 2.36. The number of aliphatic carboxylic acids is 1. The number of thiazole rings is 1. The fourth-order valence-corrected chi connectivity index (χ4v) is 6.24. The van der Waals surface area contributed by atoms with Crippen LogP contribution in [-0.2, 0) is 34.0 Å². The van der Waals surface area contributed by atoms with E-state index in [1.54, 1.807) is 6.92 Å². The number of carboxylic acid groups (broad SMARTS) is 1. The molecule has 0 fully saturated rings. The second-order valence-electron chi connectivity index (χ2n) is 7.66. The number of sulfonamides is 1. The maximum Gasteiger partial charge on any atom is 0.416 e. The number of hydrogen-bond donors (Lipinski definition) is 1. The Hall–Kier alpha value is -2.96. The molecule has 0 radical (unpaired) electrons. The van der Waals surface area contributed by atoms with Gasteiger partial charge in [0.1, 0.15) is 10.8 Å². The lowest BCUT2D eigenvalue weighted by molar-refractivity contribution is -0.139. The van der Waals surface area contributed by atoms with Gasteiger partial charge >= 0.3 is 12.1 Å². The minimum absolute atomic E-state index is 0.0589. The zero-order chi connectivity index (χ0) is 24.7. The second kappa shape index (κ2) is 9.01. The predicted molar refractivity (Wildman–Crippen MR) is 118 cm³/mol. The van der Waals surface area contributed by atoms with Crippen LogP contribution in [0, 0.1) is 6.92 Å². The van der Waals surface area contributed by atoms with E-state index in [1.165, 1.54) is 46.0 Å². The van der Waals surface area contributed by atoms with Gasteiger partial charge in [0.2, 0.25) is 10.0 Å². The van der Waals surface area contributed by atoms with Crippen LogP contribution in [0.2, 0.25) is 0 Å². The Labute approximate surface area is 197 Å². The molecule has 1 N–H and O–H groups in total. The Morgan fingerprint density at radius 2 is 1.91 bits per heavy atom. The Morgan fingerprint density at radius 1 is 1.21 bits per heavy atom. The first-order valence-electron chi connectivity index (χ1n) is 10.1. The molecule has 0 amide bonds. The van der Waals surface area contributed by atoms with E-state index < -0.39 is 34.3 Å². The molecule has 12 heteroatoms. The number of alkyl halides is 3. The summed E-state index contributed by atoms with van der Waals surface area (Å²) in [7, 11) is -3.84. The minimum atomic E-state index is -4.42. The molecule has 0 atom stereocenters. The molecule has 0 aliphatic carbocycles. The van der Waals surface area contributed by atoms with Gasteiger partial charge in [-0.1, -0.05) is 12.1 Å².